The lowest BCUT2D eigenvalue weighted by Gasteiger charge is -2.24. The van der Waals surface area contributed by atoms with Crippen LogP contribution in [0.4, 0.5) is 4.39 Å². The van der Waals surface area contributed by atoms with E-state index in [1.807, 2.05) is 30.3 Å². The van der Waals surface area contributed by atoms with E-state index in [0.29, 0.717) is 35.4 Å². The standard InChI is InChI=1S/C23H22FN3O2/c1-27(2)23(29)15-11-19-21(20(28)12-15)17(10-14-6-4-3-5-7-14)22(26-19)16-8-9-25-13-18(16)24/h3-9,13,15,26H,10-12H2,1-2H3. The molecule has 4 rings (SSSR count). The summed E-state index contributed by atoms with van der Waals surface area (Å²) in [5.41, 5.74) is 4.08. The zero-order valence-corrected chi connectivity index (χ0v) is 16.4. The van der Waals surface area contributed by atoms with Crippen molar-refractivity contribution in [3.8, 4) is 11.3 Å². The Morgan fingerprint density at radius 1 is 1.21 bits per heavy atom. The smallest absolute Gasteiger partial charge is 0.226 e. The Kier molecular flexibility index (Phi) is 5.01. The molecule has 1 atom stereocenters. The Balaban J connectivity index is 1.84. The van der Waals surface area contributed by atoms with E-state index in [0.717, 1.165) is 11.1 Å². The van der Waals surface area contributed by atoms with Gasteiger partial charge >= 0.3 is 0 Å². The number of amides is 1. The zero-order valence-electron chi connectivity index (χ0n) is 16.4. The predicted octanol–water partition coefficient (Wildman–Crippen LogP) is 3.64. The van der Waals surface area contributed by atoms with Crippen LogP contribution in [0.3, 0.4) is 0 Å². The van der Waals surface area contributed by atoms with E-state index < -0.39 is 11.7 Å². The molecule has 1 amide bonds. The van der Waals surface area contributed by atoms with Gasteiger partial charge in [0.25, 0.3) is 0 Å². The van der Waals surface area contributed by atoms with Crippen LogP contribution < -0.4 is 0 Å². The minimum atomic E-state index is -0.450. The average Bonchev–Trinajstić information content (AvgIpc) is 3.07. The molecule has 1 aliphatic rings. The first-order chi connectivity index (χ1) is 14.0. The first-order valence-electron chi connectivity index (χ1n) is 9.57. The Labute approximate surface area is 168 Å². The van der Waals surface area contributed by atoms with Gasteiger partial charge in [-0.15, -0.1) is 0 Å². The molecule has 148 valence electrons. The molecule has 3 aromatic rings. The molecule has 5 nitrogen and oxygen atoms in total. The van der Waals surface area contributed by atoms with E-state index in [-0.39, 0.29) is 18.1 Å². The normalized spacial score (nSPS) is 15.8. The zero-order chi connectivity index (χ0) is 20.5. The number of hydrogen-bond donors (Lipinski definition) is 1. The lowest BCUT2D eigenvalue weighted by atomic mass is 9.83. The van der Waals surface area contributed by atoms with Gasteiger partial charge in [0, 0.05) is 56.4 Å². The second-order valence-electron chi connectivity index (χ2n) is 7.61. The number of fused-ring (bicyclic) bond motifs is 1. The number of H-pyrrole nitrogens is 1. The molecule has 1 aliphatic carbocycles. The molecule has 1 unspecified atom stereocenters. The number of nitrogens with zero attached hydrogens (tertiary/aromatic N) is 2. The fraction of sp³-hybridized carbons (Fsp3) is 0.261. The SMILES string of the molecule is CN(C)C(=O)C1CC(=O)c2c([nH]c(-c3ccncc3F)c2Cc2ccccc2)C1. The molecule has 29 heavy (non-hydrogen) atoms. The number of benzene rings is 1. The summed E-state index contributed by atoms with van der Waals surface area (Å²) in [6.07, 6.45) is 3.81. The van der Waals surface area contributed by atoms with Crippen LogP contribution in [0, 0.1) is 11.7 Å². The van der Waals surface area contributed by atoms with E-state index in [2.05, 4.69) is 9.97 Å². The van der Waals surface area contributed by atoms with E-state index in [1.165, 1.54) is 17.3 Å². The van der Waals surface area contributed by atoms with Crippen LogP contribution in [0.1, 0.15) is 33.6 Å². The molecule has 1 N–H and O–H groups in total. The predicted molar refractivity (Wildman–Crippen MR) is 108 cm³/mol. The number of hydrogen-bond acceptors (Lipinski definition) is 3. The fourth-order valence-electron chi connectivity index (χ4n) is 4.05. The fourth-order valence-corrected chi connectivity index (χ4v) is 4.05. The molecule has 2 aromatic heterocycles. The lowest BCUT2D eigenvalue weighted by molar-refractivity contribution is -0.133. The van der Waals surface area contributed by atoms with Gasteiger partial charge < -0.3 is 9.88 Å². The molecule has 0 radical (unpaired) electrons. The summed E-state index contributed by atoms with van der Waals surface area (Å²) in [6, 6.07) is 11.4. The number of pyridine rings is 1. The Morgan fingerprint density at radius 3 is 2.66 bits per heavy atom. The lowest BCUT2D eigenvalue weighted by Crippen LogP contribution is -2.35. The van der Waals surface area contributed by atoms with Crippen molar-refractivity contribution in [2.75, 3.05) is 14.1 Å². The number of rotatable bonds is 4. The number of nitrogens with one attached hydrogen (secondary N) is 1. The summed E-state index contributed by atoms with van der Waals surface area (Å²) in [7, 11) is 3.38. The summed E-state index contributed by atoms with van der Waals surface area (Å²) < 4.78 is 14.5. The van der Waals surface area contributed by atoms with Crippen molar-refractivity contribution in [1.29, 1.82) is 0 Å². The van der Waals surface area contributed by atoms with Gasteiger partial charge in [-0.2, -0.15) is 0 Å². The molecular weight excluding hydrogens is 369 g/mol. The number of halogens is 1. The minimum Gasteiger partial charge on any atom is -0.357 e. The van der Waals surface area contributed by atoms with E-state index in [1.54, 1.807) is 20.2 Å². The molecule has 6 heteroatoms. The van der Waals surface area contributed by atoms with E-state index >= 15 is 0 Å². The molecule has 0 fully saturated rings. The van der Waals surface area contributed by atoms with Crippen LogP contribution in [0.5, 0.6) is 0 Å². The summed E-state index contributed by atoms with van der Waals surface area (Å²) in [6.45, 7) is 0. The number of carbonyl (C=O) groups is 2. The highest BCUT2D eigenvalue weighted by molar-refractivity contribution is 6.04. The Morgan fingerprint density at radius 2 is 1.97 bits per heavy atom. The maximum atomic E-state index is 14.5. The molecule has 1 aromatic carbocycles. The summed E-state index contributed by atoms with van der Waals surface area (Å²) in [4.78, 5) is 34.1. The molecule has 0 saturated carbocycles. The van der Waals surface area contributed by atoms with Crippen molar-refractivity contribution in [3.63, 3.8) is 0 Å². The number of Topliss-reactive ketones (excluding diaryl/α,β-unsaturated/α-hetero) is 1. The third kappa shape index (κ3) is 3.58. The van der Waals surface area contributed by atoms with Crippen LogP contribution in [-0.4, -0.2) is 40.7 Å². The van der Waals surface area contributed by atoms with Gasteiger partial charge in [-0.1, -0.05) is 30.3 Å². The summed E-state index contributed by atoms with van der Waals surface area (Å²) in [5, 5.41) is 0. The minimum absolute atomic E-state index is 0.0696. The number of aromatic nitrogens is 2. The van der Waals surface area contributed by atoms with Crippen molar-refractivity contribution in [2.45, 2.75) is 19.3 Å². The Hall–Kier alpha value is -3.28. The highest BCUT2D eigenvalue weighted by atomic mass is 19.1. The third-order valence-corrected chi connectivity index (χ3v) is 5.40. The van der Waals surface area contributed by atoms with Crippen LogP contribution in [0.15, 0.2) is 48.8 Å². The van der Waals surface area contributed by atoms with E-state index in [9.17, 15) is 14.0 Å². The quantitative estimate of drug-likeness (QED) is 0.738. The van der Waals surface area contributed by atoms with Crippen LogP contribution in [0.2, 0.25) is 0 Å². The van der Waals surface area contributed by atoms with Gasteiger partial charge in [-0.3, -0.25) is 14.6 Å². The van der Waals surface area contributed by atoms with Crippen LogP contribution in [0.25, 0.3) is 11.3 Å². The van der Waals surface area contributed by atoms with Gasteiger partial charge in [-0.25, -0.2) is 4.39 Å². The first kappa shape index (κ1) is 19.1. The van der Waals surface area contributed by atoms with Gasteiger partial charge in [0.2, 0.25) is 5.91 Å². The molecule has 0 spiro atoms. The molecule has 0 bridgehead atoms. The number of carbonyl (C=O) groups excluding carboxylic acids is 2. The van der Waals surface area contributed by atoms with Crippen LogP contribution in [-0.2, 0) is 17.6 Å². The topological polar surface area (TPSA) is 66.1 Å². The summed E-state index contributed by atoms with van der Waals surface area (Å²) in [5.74, 6) is -0.994. The van der Waals surface area contributed by atoms with Crippen molar-refractivity contribution in [3.05, 3.63) is 77.0 Å². The van der Waals surface area contributed by atoms with Gasteiger partial charge in [-0.05, 0) is 17.2 Å². The average molecular weight is 391 g/mol. The molecule has 0 aliphatic heterocycles. The van der Waals surface area contributed by atoms with Crippen molar-refractivity contribution < 1.29 is 14.0 Å². The van der Waals surface area contributed by atoms with Gasteiger partial charge in [0.15, 0.2) is 11.6 Å². The largest absolute Gasteiger partial charge is 0.357 e. The molecule has 2 heterocycles. The maximum absolute atomic E-state index is 14.5. The number of aromatic amines is 1. The first-order valence-corrected chi connectivity index (χ1v) is 9.57. The number of ketones is 1. The highest BCUT2D eigenvalue weighted by Crippen LogP contribution is 2.37. The highest BCUT2D eigenvalue weighted by Gasteiger charge is 2.35. The maximum Gasteiger partial charge on any atom is 0.226 e. The second kappa shape index (κ2) is 7.62. The molecular formula is C23H22FN3O2. The third-order valence-electron chi connectivity index (χ3n) is 5.40. The van der Waals surface area contributed by atoms with Gasteiger partial charge in [0.05, 0.1) is 17.8 Å². The Bertz CT molecular complexity index is 1070. The van der Waals surface area contributed by atoms with Crippen molar-refractivity contribution in [2.24, 2.45) is 5.92 Å². The monoisotopic (exact) mass is 391 g/mol. The van der Waals surface area contributed by atoms with Gasteiger partial charge in [0.1, 0.15) is 0 Å². The van der Waals surface area contributed by atoms with Crippen LogP contribution >= 0.6 is 0 Å². The van der Waals surface area contributed by atoms with Crippen molar-refractivity contribution >= 4 is 11.7 Å². The summed E-state index contributed by atoms with van der Waals surface area (Å²) >= 11 is 0. The van der Waals surface area contributed by atoms with E-state index in [4.69, 9.17) is 0 Å². The second-order valence-corrected chi connectivity index (χ2v) is 7.61. The van der Waals surface area contributed by atoms with Crippen molar-refractivity contribution in [1.82, 2.24) is 14.9 Å². The molecule has 0 saturated heterocycles.